The van der Waals surface area contributed by atoms with Crippen molar-refractivity contribution in [1.82, 2.24) is 15.6 Å². The lowest BCUT2D eigenvalue weighted by Gasteiger charge is -2.12. The van der Waals surface area contributed by atoms with Crippen molar-refractivity contribution in [3.8, 4) is 5.88 Å². The van der Waals surface area contributed by atoms with Gasteiger partial charge in [0.1, 0.15) is 0 Å². The summed E-state index contributed by atoms with van der Waals surface area (Å²) in [6, 6.07) is 5.10. The maximum absolute atomic E-state index is 5.48. The standard InChI is InChI=1S/C10H12N4O2/c1-15-9-3-2-8(13-14-9)10(12-11)7-4-5-16-6-7/h2-6,10,12H,11H2,1H3. The molecule has 1 unspecified atom stereocenters. The van der Waals surface area contributed by atoms with Crippen molar-refractivity contribution < 1.29 is 9.15 Å². The first-order valence-corrected chi connectivity index (χ1v) is 4.71. The first-order chi connectivity index (χ1) is 7.85. The van der Waals surface area contributed by atoms with Gasteiger partial charge in [-0.15, -0.1) is 10.2 Å². The largest absolute Gasteiger partial charge is 0.480 e. The van der Waals surface area contributed by atoms with E-state index < -0.39 is 0 Å². The molecule has 0 saturated carbocycles. The predicted octanol–water partition coefficient (Wildman–Crippen LogP) is 0.631. The molecule has 2 aromatic heterocycles. The topological polar surface area (TPSA) is 86.2 Å². The summed E-state index contributed by atoms with van der Waals surface area (Å²) in [5, 5.41) is 7.90. The van der Waals surface area contributed by atoms with Crippen LogP contribution in [0.1, 0.15) is 17.3 Å². The van der Waals surface area contributed by atoms with E-state index in [1.165, 1.54) is 0 Å². The molecule has 6 heteroatoms. The summed E-state index contributed by atoms with van der Waals surface area (Å²) < 4.78 is 9.92. The molecule has 1 atom stereocenters. The summed E-state index contributed by atoms with van der Waals surface area (Å²) in [7, 11) is 1.54. The number of ether oxygens (including phenoxy) is 1. The third-order valence-corrected chi connectivity index (χ3v) is 2.21. The van der Waals surface area contributed by atoms with E-state index in [-0.39, 0.29) is 6.04 Å². The monoisotopic (exact) mass is 220 g/mol. The summed E-state index contributed by atoms with van der Waals surface area (Å²) in [5.74, 6) is 5.94. The highest BCUT2D eigenvalue weighted by Crippen LogP contribution is 2.20. The molecule has 0 saturated heterocycles. The van der Waals surface area contributed by atoms with Gasteiger partial charge in [0.05, 0.1) is 31.4 Å². The number of methoxy groups -OCH3 is 1. The second kappa shape index (κ2) is 4.73. The summed E-state index contributed by atoms with van der Waals surface area (Å²) in [5.41, 5.74) is 4.24. The number of furan rings is 1. The Balaban J connectivity index is 2.27. The Morgan fingerprint density at radius 3 is 2.75 bits per heavy atom. The van der Waals surface area contributed by atoms with Gasteiger partial charge in [0.2, 0.25) is 5.88 Å². The Labute approximate surface area is 92.4 Å². The van der Waals surface area contributed by atoms with Gasteiger partial charge in [-0.3, -0.25) is 5.84 Å². The second-order valence-electron chi connectivity index (χ2n) is 3.16. The number of nitrogens with zero attached hydrogens (tertiary/aromatic N) is 2. The van der Waals surface area contributed by atoms with Crippen LogP contribution in [0.5, 0.6) is 5.88 Å². The van der Waals surface area contributed by atoms with E-state index in [1.54, 1.807) is 31.8 Å². The lowest BCUT2D eigenvalue weighted by atomic mass is 10.1. The van der Waals surface area contributed by atoms with E-state index in [0.717, 1.165) is 5.56 Å². The summed E-state index contributed by atoms with van der Waals surface area (Å²) >= 11 is 0. The molecule has 0 fully saturated rings. The van der Waals surface area contributed by atoms with Gasteiger partial charge in [0, 0.05) is 11.6 Å². The molecule has 3 N–H and O–H groups in total. The fraction of sp³-hybridized carbons (Fsp3) is 0.200. The third kappa shape index (κ3) is 2.02. The average molecular weight is 220 g/mol. The highest BCUT2D eigenvalue weighted by molar-refractivity contribution is 5.24. The lowest BCUT2D eigenvalue weighted by Crippen LogP contribution is -2.29. The Bertz CT molecular complexity index is 427. The van der Waals surface area contributed by atoms with Crippen molar-refractivity contribution in [1.29, 1.82) is 0 Å². The Morgan fingerprint density at radius 2 is 2.25 bits per heavy atom. The van der Waals surface area contributed by atoms with Crippen molar-refractivity contribution in [2.75, 3.05) is 7.11 Å². The maximum atomic E-state index is 5.48. The van der Waals surface area contributed by atoms with Crippen LogP contribution >= 0.6 is 0 Å². The number of hydrogen-bond acceptors (Lipinski definition) is 6. The first kappa shape index (κ1) is 10.6. The molecule has 0 aliphatic rings. The molecule has 0 amide bonds. The quantitative estimate of drug-likeness (QED) is 0.580. The van der Waals surface area contributed by atoms with Crippen LogP contribution in [0.2, 0.25) is 0 Å². The van der Waals surface area contributed by atoms with Crippen LogP contribution < -0.4 is 16.0 Å². The number of nitrogens with one attached hydrogen (secondary N) is 1. The summed E-state index contributed by atoms with van der Waals surface area (Å²) in [6.07, 6.45) is 3.19. The molecule has 0 spiro atoms. The van der Waals surface area contributed by atoms with Gasteiger partial charge in [-0.25, -0.2) is 5.43 Å². The van der Waals surface area contributed by atoms with Crippen molar-refractivity contribution >= 4 is 0 Å². The van der Waals surface area contributed by atoms with Gasteiger partial charge in [0.25, 0.3) is 0 Å². The molecule has 0 bridgehead atoms. The average Bonchev–Trinajstić information content (AvgIpc) is 2.85. The fourth-order valence-electron chi connectivity index (χ4n) is 1.38. The van der Waals surface area contributed by atoms with E-state index in [2.05, 4.69) is 15.6 Å². The van der Waals surface area contributed by atoms with Gasteiger partial charge < -0.3 is 9.15 Å². The van der Waals surface area contributed by atoms with Crippen LogP contribution in [0.25, 0.3) is 0 Å². The Hall–Kier alpha value is -1.92. The van der Waals surface area contributed by atoms with E-state index in [4.69, 9.17) is 15.0 Å². The van der Waals surface area contributed by atoms with Gasteiger partial charge in [-0.2, -0.15) is 0 Å². The van der Waals surface area contributed by atoms with Crippen LogP contribution in [0.4, 0.5) is 0 Å². The SMILES string of the molecule is COc1ccc(C(NN)c2ccoc2)nn1. The van der Waals surface area contributed by atoms with E-state index in [9.17, 15) is 0 Å². The summed E-state index contributed by atoms with van der Waals surface area (Å²) in [6.45, 7) is 0. The first-order valence-electron chi connectivity index (χ1n) is 4.71. The van der Waals surface area contributed by atoms with E-state index in [1.807, 2.05) is 6.07 Å². The highest BCUT2D eigenvalue weighted by atomic mass is 16.5. The molecular weight excluding hydrogens is 208 g/mol. The van der Waals surface area contributed by atoms with Crippen molar-refractivity contribution in [3.63, 3.8) is 0 Å². The molecule has 16 heavy (non-hydrogen) atoms. The fourth-order valence-corrected chi connectivity index (χ4v) is 1.38. The zero-order valence-electron chi connectivity index (χ0n) is 8.75. The molecule has 0 aromatic carbocycles. The van der Waals surface area contributed by atoms with Crippen LogP contribution in [-0.4, -0.2) is 17.3 Å². The predicted molar refractivity (Wildman–Crippen MR) is 56.5 cm³/mol. The van der Waals surface area contributed by atoms with Crippen molar-refractivity contribution in [2.45, 2.75) is 6.04 Å². The Kier molecular flexibility index (Phi) is 3.13. The third-order valence-electron chi connectivity index (χ3n) is 2.21. The zero-order valence-corrected chi connectivity index (χ0v) is 8.75. The molecule has 84 valence electrons. The smallest absolute Gasteiger partial charge is 0.233 e. The number of hydrogen-bond donors (Lipinski definition) is 2. The molecule has 2 rings (SSSR count). The van der Waals surface area contributed by atoms with Gasteiger partial charge in [-0.1, -0.05) is 0 Å². The minimum Gasteiger partial charge on any atom is -0.480 e. The Morgan fingerprint density at radius 1 is 1.38 bits per heavy atom. The second-order valence-corrected chi connectivity index (χ2v) is 3.16. The molecule has 6 nitrogen and oxygen atoms in total. The normalized spacial score (nSPS) is 12.4. The number of rotatable bonds is 4. The van der Waals surface area contributed by atoms with Gasteiger partial charge >= 0.3 is 0 Å². The molecule has 2 aromatic rings. The van der Waals surface area contributed by atoms with Gasteiger partial charge in [-0.05, 0) is 12.1 Å². The number of hydrazine groups is 1. The van der Waals surface area contributed by atoms with E-state index >= 15 is 0 Å². The van der Waals surface area contributed by atoms with Crippen LogP contribution in [0, 0.1) is 0 Å². The van der Waals surface area contributed by atoms with Crippen molar-refractivity contribution in [3.05, 3.63) is 42.0 Å². The van der Waals surface area contributed by atoms with Crippen LogP contribution in [0.3, 0.4) is 0 Å². The highest BCUT2D eigenvalue weighted by Gasteiger charge is 2.15. The molecule has 2 heterocycles. The van der Waals surface area contributed by atoms with E-state index in [0.29, 0.717) is 11.6 Å². The zero-order chi connectivity index (χ0) is 11.4. The lowest BCUT2D eigenvalue weighted by molar-refractivity contribution is 0.390. The van der Waals surface area contributed by atoms with Crippen LogP contribution in [0.15, 0.2) is 35.1 Å². The molecule has 0 aliphatic carbocycles. The van der Waals surface area contributed by atoms with Crippen molar-refractivity contribution in [2.24, 2.45) is 5.84 Å². The number of nitrogens with two attached hydrogens (primary N) is 1. The molecule has 0 radical (unpaired) electrons. The van der Waals surface area contributed by atoms with Gasteiger partial charge in [0.15, 0.2) is 0 Å². The number of aromatic nitrogens is 2. The molecule has 0 aliphatic heterocycles. The van der Waals surface area contributed by atoms with Crippen LogP contribution in [-0.2, 0) is 0 Å². The maximum Gasteiger partial charge on any atom is 0.233 e. The summed E-state index contributed by atoms with van der Waals surface area (Å²) in [4.78, 5) is 0. The minimum atomic E-state index is -0.239. The minimum absolute atomic E-state index is 0.239. The molecular formula is C10H12N4O2.